The van der Waals surface area contributed by atoms with E-state index >= 15 is 0 Å². The predicted octanol–water partition coefficient (Wildman–Crippen LogP) is 2.51. The number of halogens is 2. The van der Waals surface area contributed by atoms with E-state index in [0.29, 0.717) is 12.5 Å². The van der Waals surface area contributed by atoms with Gasteiger partial charge in [0.1, 0.15) is 5.82 Å². The SMILES string of the molecule is CCCCN=C(NN)Nc1c(F)cccc1Cl. The maximum Gasteiger partial charge on any atom is 0.210 e. The van der Waals surface area contributed by atoms with Crippen LogP contribution in [0.15, 0.2) is 23.2 Å². The summed E-state index contributed by atoms with van der Waals surface area (Å²) >= 11 is 5.87. The normalized spacial score (nSPS) is 11.4. The van der Waals surface area contributed by atoms with Gasteiger partial charge < -0.3 is 5.32 Å². The monoisotopic (exact) mass is 258 g/mol. The second-order valence-corrected chi connectivity index (χ2v) is 3.86. The number of nitrogens with zero attached hydrogens (tertiary/aromatic N) is 1. The summed E-state index contributed by atoms with van der Waals surface area (Å²) in [5.74, 6) is 5.14. The van der Waals surface area contributed by atoms with Gasteiger partial charge in [0.2, 0.25) is 5.96 Å². The van der Waals surface area contributed by atoms with Crippen molar-refractivity contribution >= 4 is 23.2 Å². The zero-order valence-corrected chi connectivity index (χ0v) is 10.4. The van der Waals surface area contributed by atoms with Gasteiger partial charge in [-0.25, -0.2) is 10.2 Å². The molecule has 4 N–H and O–H groups in total. The average Bonchev–Trinajstić information content (AvgIpc) is 2.32. The summed E-state index contributed by atoms with van der Waals surface area (Å²) in [5.41, 5.74) is 2.55. The summed E-state index contributed by atoms with van der Waals surface area (Å²) in [6, 6.07) is 4.44. The van der Waals surface area contributed by atoms with Crippen molar-refractivity contribution in [3.05, 3.63) is 29.0 Å². The van der Waals surface area contributed by atoms with Crippen molar-refractivity contribution in [2.24, 2.45) is 10.8 Å². The molecule has 1 aromatic carbocycles. The van der Waals surface area contributed by atoms with Crippen molar-refractivity contribution < 1.29 is 4.39 Å². The third-order valence-electron chi connectivity index (χ3n) is 2.12. The first-order valence-corrected chi connectivity index (χ1v) is 5.79. The number of hydrogen-bond donors (Lipinski definition) is 3. The first kappa shape index (κ1) is 13.7. The molecule has 0 spiro atoms. The second kappa shape index (κ2) is 7.09. The quantitative estimate of drug-likeness (QED) is 0.256. The molecule has 0 aliphatic rings. The van der Waals surface area contributed by atoms with E-state index in [2.05, 4.69) is 22.7 Å². The molecule has 0 fully saturated rings. The fourth-order valence-electron chi connectivity index (χ4n) is 1.21. The number of nitrogens with one attached hydrogen (secondary N) is 2. The highest BCUT2D eigenvalue weighted by atomic mass is 35.5. The number of aliphatic imine (C=N–C) groups is 1. The average molecular weight is 259 g/mol. The highest BCUT2D eigenvalue weighted by Gasteiger charge is 2.08. The van der Waals surface area contributed by atoms with Crippen molar-refractivity contribution in [2.75, 3.05) is 11.9 Å². The summed E-state index contributed by atoms with van der Waals surface area (Å²) < 4.78 is 13.5. The molecule has 0 bridgehead atoms. The van der Waals surface area contributed by atoms with Gasteiger partial charge in [-0.2, -0.15) is 0 Å². The van der Waals surface area contributed by atoms with Crippen LogP contribution in [0, 0.1) is 5.82 Å². The minimum absolute atomic E-state index is 0.169. The van der Waals surface area contributed by atoms with E-state index in [-0.39, 0.29) is 10.7 Å². The maximum atomic E-state index is 13.5. The molecule has 0 unspecified atom stereocenters. The summed E-state index contributed by atoms with van der Waals surface area (Å²) in [6.45, 7) is 2.68. The first-order chi connectivity index (χ1) is 8.19. The Bertz CT molecular complexity index is 375. The van der Waals surface area contributed by atoms with Gasteiger partial charge in [-0.1, -0.05) is 31.0 Å². The summed E-state index contributed by atoms with van der Waals surface area (Å²) in [6.07, 6.45) is 1.97. The number of guanidine groups is 1. The Morgan fingerprint density at radius 1 is 1.53 bits per heavy atom. The van der Waals surface area contributed by atoms with Gasteiger partial charge in [0.15, 0.2) is 0 Å². The third-order valence-corrected chi connectivity index (χ3v) is 2.44. The molecule has 17 heavy (non-hydrogen) atoms. The molecule has 0 aliphatic heterocycles. The zero-order chi connectivity index (χ0) is 12.7. The van der Waals surface area contributed by atoms with E-state index in [0.717, 1.165) is 12.8 Å². The molecule has 6 heteroatoms. The number of nitrogens with two attached hydrogens (primary N) is 1. The molecule has 0 saturated carbocycles. The molecule has 0 saturated heterocycles. The molecule has 0 radical (unpaired) electrons. The van der Waals surface area contributed by atoms with Gasteiger partial charge in [-0.3, -0.25) is 10.4 Å². The van der Waals surface area contributed by atoms with Crippen LogP contribution in [-0.4, -0.2) is 12.5 Å². The Morgan fingerprint density at radius 2 is 2.29 bits per heavy atom. The van der Waals surface area contributed by atoms with Crippen LogP contribution in [0.4, 0.5) is 10.1 Å². The van der Waals surface area contributed by atoms with Crippen LogP contribution in [0.2, 0.25) is 5.02 Å². The van der Waals surface area contributed by atoms with Gasteiger partial charge in [-0.05, 0) is 18.6 Å². The fourth-order valence-corrected chi connectivity index (χ4v) is 1.42. The molecule has 0 aromatic heterocycles. The van der Waals surface area contributed by atoms with Gasteiger partial charge in [0.25, 0.3) is 0 Å². The largest absolute Gasteiger partial charge is 0.322 e. The lowest BCUT2D eigenvalue weighted by Gasteiger charge is -2.11. The standard InChI is InChI=1S/C11H16ClFN4/c1-2-3-7-15-11(17-14)16-10-8(12)5-4-6-9(10)13/h4-6H,2-3,7,14H2,1H3,(H2,15,16,17). The molecule has 1 rings (SSSR count). The molecule has 94 valence electrons. The molecule has 0 heterocycles. The van der Waals surface area contributed by atoms with Crippen molar-refractivity contribution in [1.82, 2.24) is 5.43 Å². The Kier molecular flexibility index (Phi) is 5.72. The van der Waals surface area contributed by atoms with Crippen LogP contribution in [0.25, 0.3) is 0 Å². The number of anilines is 1. The third kappa shape index (κ3) is 4.20. The van der Waals surface area contributed by atoms with Gasteiger partial charge in [0, 0.05) is 6.54 Å². The molecule has 0 atom stereocenters. The highest BCUT2D eigenvalue weighted by Crippen LogP contribution is 2.24. The lowest BCUT2D eigenvalue weighted by Crippen LogP contribution is -2.36. The topological polar surface area (TPSA) is 62.4 Å². The Morgan fingerprint density at radius 3 is 2.88 bits per heavy atom. The Labute approximate surface area is 105 Å². The number of hydrazine groups is 1. The predicted molar refractivity (Wildman–Crippen MR) is 69.6 cm³/mol. The summed E-state index contributed by atoms with van der Waals surface area (Å²) in [7, 11) is 0. The molecular weight excluding hydrogens is 243 g/mol. The minimum Gasteiger partial charge on any atom is -0.322 e. The number of para-hydroxylation sites is 1. The molecule has 0 amide bonds. The van der Waals surface area contributed by atoms with E-state index in [4.69, 9.17) is 17.4 Å². The number of benzene rings is 1. The molecule has 0 aliphatic carbocycles. The van der Waals surface area contributed by atoms with E-state index < -0.39 is 5.82 Å². The van der Waals surface area contributed by atoms with Crippen LogP contribution >= 0.6 is 11.6 Å². The zero-order valence-electron chi connectivity index (χ0n) is 9.63. The van der Waals surface area contributed by atoms with Crippen molar-refractivity contribution in [3.8, 4) is 0 Å². The van der Waals surface area contributed by atoms with E-state index in [1.54, 1.807) is 6.07 Å². The van der Waals surface area contributed by atoms with Gasteiger partial charge in [-0.15, -0.1) is 0 Å². The lowest BCUT2D eigenvalue weighted by atomic mass is 10.3. The van der Waals surface area contributed by atoms with Crippen LogP contribution < -0.4 is 16.6 Å². The fraction of sp³-hybridized carbons (Fsp3) is 0.364. The maximum absolute atomic E-state index is 13.5. The van der Waals surface area contributed by atoms with E-state index in [9.17, 15) is 4.39 Å². The van der Waals surface area contributed by atoms with E-state index in [1.165, 1.54) is 12.1 Å². The van der Waals surface area contributed by atoms with Crippen molar-refractivity contribution in [3.63, 3.8) is 0 Å². The first-order valence-electron chi connectivity index (χ1n) is 5.41. The van der Waals surface area contributed by atoms with Crippen LogP contribution in [0.3, 0.4) is 0 Å². The summed E-state index contributed by atoms with van der Waals surface area (Å²) in [5, 5.41) is 3.01. The van der Waals surface area contributed by atoms with Gasteiger partial charge in [0.05, 0.1) is 10.7 Å². The highest BCUT2D eigenvalue weighted by molar-refractivity contribution is 6.33. The number of unbranched alkanes of at least 4 members (excludes halogenated alkanes) is 1. The van der Waals surface area contributed by atoms with Crippen LogP contribution in [0.5, 0.6) is 0 Å². The Hall–Kier alpha value is -1.33. The van der Waals surface area contributed by atoms with Crippen LogP contribution in [0.1, 0.15) is 19.8 Å². The second-order valence-electron chi connectivity index (χ2n) is 3.45. The van der Waals surface area contributed by atoms with Crippen molar-refractivity contribution in [1.29, 1.82) is 0 Å². The Balaban J connectivity index is 2.77. The molecule has 1 aromatic rings. The molecule has 4 nitrogen and oxygen atoms in total. The van der Waals surface area contributed by atoms with E-state index in [1.807, 2.05) is 0 Å². The van der Waals surface area contributed by atoms with Crippen LogP contribution in [-0.2, 0) is 0 Å². The van der Waals surface area contributed by atoms with Crippen molar-refractivity contribution in [2.45, 2.75) is 19.8 Å². The molecular formula is C11H16ClFN4. The van der Waals surface area contributed by atoms with Gasteiger partial charge >= 0.3 is 0 Å². The number of rotatable bonds is 4. The minimum atomic E-state index is -0.448. The lowest BCUT2D eigenvalue weighted by molar-refractivity contribution is 0.632. The number of hydrogen-bond acceptors (Lipinski definition) is 2. The summed E-state index contributed by atoms with van der Waals surface area (Å²) in [4.78, 5) is 4.15. The smallest absolute Gasteiger partial charge is 0.210 e.